The summed E-state index contributed by atoms with van der Waals surface area (Å²) in [4.78, 5) is 25.8. The molecule has 1 heterocycles. The van der Waals surface area contributed by atoms with E-state index in [4.69, 9.17) is 4.74 Å². The highest BCUT2D eigenvalue weighted by Crippen LogP contribution is 2.36. The van der Waals surface area contributed by atoms with Gasteiger partial charge in [-0.3, -0.25) is 4.79 Å². The zero-order valence-electron chi connectivity index (χ0n) is 17.3. The summed E-state index contributed by atoms with van der Waals surface area (Å²) in [6.45, 7) is 6.32. The highest BCUT2D eigenvalue weighted by molar-refractivity contribution is 7.20. The van der Waals surface area contributed by atoms with Crippen LogP contribution in [0, 0.1) is 0 Å². The summed E-state index contributed by atoms with van der Waals surface area (Å²) in [5.41, 5.74) is 3.54. The number of amides is 1. The molecule has 0 unspecified atom stereocenters. The molecule has 4 nitrogen and oxygen atoms in total. The standard InChI is InChI=1S/C25H25NO3S/c1-4-29-25(28)21-16-22(20-8-6-5-7-9-20)30-24(21)26-23(27)15-12-18-10-13-19(14-11-18)17(2)3/h5-17H,4H2,1-3H3,(H,26,27)/b15-12+. The third-order valence-electron chi connectivity index (χ3n) is 4.55. The van der Waals surface area contributed by atoms with Crippen LogP contribution in [0.25, 0.3) is 16.5 Å². The quantitative estimate of drug-likeness (QED) is 0.358. The van der Waals surface area contributed by atoms with E-state index < -0.39 is 5.97 Å². The molecule has 0 radical (unpaired) electrons. The molecular weight excluding hydrogens is 394 g/mol. The van der Waals surface area contributed by atoms with Crippen molar-refractivity contribution in [1.29, 1.82) is 0 Å². The molecule has 1 amide bonds. The number of nitrogens with one attached hydrogen (secondary N) is 1. The minimum absolute atomic E-state index is 0.273. The Bertz CT molecular complexity index is 1030. The average Bonchev–Trinajstić information content (AvgIpc) is 3.17. The summed E-state index contributed by atoms with van der Waals surface area (Å²) in [6, 6.07) is 19.6. The van der Waals surface area contributed by atoms with E-state index in [9.17, 15) is 9.59 Å². The summed E-state index contributed by atoms with van der Waals surface area (Å²) in [7, 11) is 0. The zero-order valence-corrected chi connectivity index (χ0v) is 18.2. The molecule has 3 rings (SSSR count). The van der Waals surface area contributed by atoms with Crippen LogP contribution < -0.4 is 5.32 Å². The fourth-order valence-corrected chi connectivity index (χ4v) is 3.96. The molecule has 0 spiro atoms. The van der Waals surface area contributed by atoms with Gasteiger partial charge in [0.05, 0.1) is 12.2 Å². The predicted octanol–water partition coefficient (Wildman–Crippen LogP) is 6.37. The van der Waals surface area contributed by atoms with Crippen molar-refractivity contribution in [1.82, 2.24) is 0 Å². The topological polar surface area (TPSA) is 55.4 Å². The first-order chi connectivity index (χ1) is 14.5. The van der Waals surface area contributed by atoms with Crippen molar-refractivity contribution in [2.45, 2.75) is 26.7 Å². The molecule has 1 N–H and O–H groups in total. The van der Waals surface area contributed by atoms with Crippen molar-refractivity contribution in [2.24, 2.45) is 0 Å². The Labute approximate surface area is 181 Å². The lowest BCUT2D eigenvalue weighted by atomic mass is 10.0. The molecule has 0 fully saturated rings. The first-order valence-electron chi connectivity index (χ1n) is 9.93. The normalized spacial score (nSPS) is 11.1. The minimum Gasteiger partial charge on any atom is -0.462 e. The molecule has 30 heavy (non-hydrogen) atoms. The molecule has 0 aliphatic heterocycles. The maximum absolute atomic E-state index is 12.5. The predicted molar refractivity (Wildman–Crippen MR) is 124 cm³/mol. The zero-order chi connectivity index (χ0) is 21.5. The van der Waals surface area contributed by atoms with E-state index >= 15 is 0 Å². The van der Waals surface area contributed by atoms with Gasteiger partial charge in [0.1, 0.15) is 5.00 Å². The Morgan fingerprint density at radius 3 is 2.40 bits per heavy atom. The van der Waals surface area contributed by atoms with Gasteiger partial charge in [-0.15, -0.1) is 11.3 Å². The van der Waals surface area contributed by atoms with Crippen LogP contribution in [-0.4, -0.2) is 18.5 Å². The lowest BCUT2D eigenvalue weighted by molar-refractivity contribution is -0.111. The van der Waals surface area contributed by atoms with E-state index in [1.54, 1.807) is 19.1 Å². The van der Waals surface area contributed by atoms with E-state index in [1.807, 2.05) is 42.5 Å². The molecule has 0 aliphatic rings. The fraction of sp³-hybridized carbons (Fsp3) is 0.200. The van der Waals surface area contributed by atoms with Crippen molar-refractivity contribution >= 4 is 34.3 Å². The Hall–Kier alpha value is -3.18. The Kier molecular flexibility index (Phi) is 7.20. The lowest BCUT2D eigenvalue weighted by Gasteiger charge is -2.05. The average molecular weight is 420 g/mol. The number of hydrogen-bond donors (Lipinski definition) is 1. The van der Waals surface area contributed by atoms with Crippen LogP contribution in [0.1, 0.15) is 48.2 Å². The summed E-state index contributed by atoms with van der Waals surface area (Å²) in [6.07, 6.45) is 3.23. The third kappa shape index (κ3) is 5.45. The fourth-order valence-electron chi connectivity index (χ4n) is 2.91. The van der Waals surface area contributed by atoms with E-state index in [1.165, 1.54) is 23.0 Å². The molecule has 1 aromatic heterocycles. The Balaban J connectivity index is 1.79. The first-order valence-corrected chi connectivity index (χ1v) is 10.7. The van der Waals surface area contributed by atoms with Crippen molar-refractivity contribution in [3.63, 3.8) is 0 Å². The molecule has 2 aromatic carbocycles. The summed E-state index contributed by atoms with van der Waals surface area (Å²) >= 11 is 1.36. The van der Waals surface area contributed by atoms with Gasteiger partial charge in [-0.25, -0.2) is 4.79 Å². The van der Waals surface area contributed by atoms with Gasteiger partial charge in [0.2, 0.25) is 5.91 Å². The van der Waals surface area contributed by atoms with Gasteiger partial charge in [-0.1, -0.05) is 68.4 Å². The number of thiophene rings is 1. The van der Waals surface area contributed by atoms with Crippen LogP contribution >= 0.6 is 11.3 Å². The van der Waals surface area contributed by atoms with Crippen LogP contribution in [0.4, 0.5) is 5.00 Å². The maximum atomic E-state index is 12.5. The third-order valence-corrected chi connectivity index (χ3v) is 5.65. The number of ether oxygens (including phenoxy) is 1. The number of esters is 1. The van der Waals surface area contributed by atoms with Crippen molar-refractivity contribution in [2.75, 3.05) is 11.9 Å². The van der Waals surface area contributed by atoms with Gasteiger partial charge >= 0.3 is 5.97 Å². The van der Waals surface area contributed by atoms with Crippen LogP contribution in [0.15, 0.2) is 66.7 Å². The Morgan fingerprint density at radius 2 is 1.77 bits per heavy atom. The van der Waals surface area contributed by atoms with E-state index in [0.717, 1.165) is 16.0 Å². The smallest absolute Gasteiger partial charge is 0.341 e. The van der Waals surface area contributed by atoms with E-state index in [2.05, 4.69) is 31.3 Å². The second-order valence-electron chi connectivity index (χ2n) is 7.08. The number of benzene rings is 2. The molecule has 5 heteroatoms. The summed E-state index contributed by atoms with van der Waals surface area (Å²) in [5, 5.41) is 3.32. The molecule has 0 atom stereocenters. The largest absolute Gasteiger partial charge is 0.462 e. The number of hydrogen-bond acceptors (Lipinski definition) is 4. The number of carbonyl (C=O) groups excluding carboxylic acids is 2. The molecule has 3 aromatic rings. The van der Waals surface area contributed by atoms with Crippen molar-refractivity contribution in [3.05, 3.63) is 83.4 Å². The molecule has 154 valence electrons. The first kappa shape index (κ1) is 21.5. The Morgan fingerprint density at radius 1 is 1.07 bits per heavy atom. The monoisotopic (exact) mass is 419 g/mol. The molecule has 0 bridgehead atoms. The van der Waals surface area contributed by atoms with E-state index in [0.29, 0.717) is 16.5 Å². The van der Waals surface area contributed by atoms with E-state index in [-0.39, 0.29) is 12.5 Å². The lowest BCUT2D eigenvalue weighted by Crippen LogP contribution is -2.11. The molecular formula is C25H25NO3S. The van der Waals surface area contributed by atoms with Gasteiger partial charge < -0.3 is 10.1 Å². The number of carbonyl (C=O) groups is 2. The van der Waals surface area contributed by atoms with Gasteiger partial charge in [0.15, 0.2) is 0 Å². The van der Waals surface area contributed by atoms with Gasteiger partial charge in [-0.05, 0) is 41.7 Å². The van der Waals surface area contributed by atoms with Crippen LogP contribution in [0.5, 0.6) is 0 Å². The SMILES string of the molecule is CCOC(=O)c1cc(-c2ccccc2)sc1NC(=O)/C=C/c1ccc(C(C)C)cc1. The highest BCUT2D eigenvalue weighted by Gasteiger charge is 2.19. The van der Waals surface area contributed by atoms with Gasteiger partial charge in [-0.2, -0.15) is 0 Å². The van der Waals surface area contributed by atoms with Gasteiger partial charge in [0.25, 0.3) is 0 Å². The highest BCUT2D eigenvalue weighted by atomic mass is 32.1. The minimum atomic E-state index is -0.445. The second-order valence-corrected chi connectivity index (χ2v) is 8.14. The van der Waals surface area contributed by atoms with Crippen LogP contribution in [-0.2, 0) is 9.53 Å². The number of rotatable bonds is 7. The molecule has 0 saturated carbocycles. The second kappa shape index (κ2) is 10.0. The van der Waals surface area contributed by atoms with Crippen LogP contribution in [0.2, 0.25) is 0 Å². The summed E-state index contributed by atoms with van der Waals surface area (Å²) < 4.78 is 5.16. The van der Waals surface area contributed by atoms with Crippen molar-refractivity contribution < 1.29 is 14.3 Å². The molecule has 0 saturated heterocycles. The molecule has 0 aliphatic carbocycles. The van der Waals surface area contributed by atoms with Crippen molar-refractivity contribution in [3.8, 4) is 10.4 Å². The van der Waals surface area contributed by atoms with Crippen LogP contribution in [0.3, 0.4) is 0 Å². The number of anilines is 1. The maximum Gasteiger partial charge on any atom is 0.341 e. The summed E-state index contributed by atoms with van der Waals surface area (Å²) in [5.74, 6) is -0.278. The van der Waals surface area contributed by atoms with Gasteiger partial charge in [0, 0.05) is 11.0 Å².